The second-order valence-electron chi connectivity index (χ2n) is 6.88. The summed E-state index contributed by atoms with van der Waals surface area (Å²) < 4.78 is 7.01. The van der Waals surface area contributed by atoms with Gasteiger partial charge in [-0.3, -0.25) is 4.79 Å². The van der Waals surface area contributed by atoms with Crippen LogP contribution in [0.25, 0.3) is 16.9 Å². The van der Waals surface area contributed by atoms with E-state index in [9.17, 15) is 4.79 Å². The van der Waals surface area contributed by atoms with Crippen LogP contribution in [0.2, 0.25) is 0 Å². The molecule has 152 valence electrons. The van der Waals surface area contributed by atoms with Crippen molar-refractivity contribution in [3.05, 3.63) is 96.2 Å². The van der Waals surface area contributed by atoms with Crippen molar-refractivity contribution in [2.75, 3.05) is 12.4 Å². The quantitative estimate of drug-likeness (QED) is 0.494. The number of rotatable bonds is 6. The van der Waals surface area contributed by atoms with Gasteiger partial charge in [-0.25, -0.2) is 4.68 Å². The van der Waals surface area contributed by atoms with Gasteiger partial charge in [-0.05, 0) is 60.2 Å². The summed E-state index contributed by atoms with van der Waals surface area (Å²) in [6.45, 7) is 0. The second-order valence-corrected chi connectivity index (χ2v) is 6.88. The third kappa shape index (κ3) is 4.46. The molecule has 0 aliphatic rings. The molecule has 6 nitrogen and oxygen atoms in total. The molecule has 31 heavy (non-hydrogen) atoms. The molecule has 1 N–H and O–H groups in total. The second kappa shape index (κ2) is 8.97. The third-order valence-corrected chi connectivity index (χ3v) is 4.82. The van der Waals surface area contributed by atoms with Crippen molar-refractivity contribution in [1.82, 2.24) is 9.78 Å². The molecule has 0 saturated carbocycles. The summed E-state index contributed by atoms with van der Waals surface area (Å²) in [4.78, 5) is 12.9. The zero-order chi connectivity index (χ0) is 21.6. The van der Waals surface area contributed by atoms with Crippen LogP contribution in [0.3, 0.4) is 0 Å². The predicted octanol–water partition coefficient (Wildman–Crippen LogP) is 4.87. The van der Waals surface area contributed by atoms with Gasteiger partial charge in [0.25, 0.3) is 5.91 Å². The van der Waals surface area contributed by atoms with Crippen molar-refractivity contribution in [3.8, 4) is 28.8 Å². The molecule has 0 saturated heterocycles. The van der Waals surface area contributed by atoms with Gasteiger partial charge >= 0.3 is 0 Å². The van der Waals surface area contributed by atoms with E-state index < -0.39 is 0 Å². The summed E-state index contributed by atoms with van der Waals surface area (Å²) in [5, 5.41) is 16.2. The molecule has 0 bridgehead atoms. The molecule has 0 radical (unpaired) electrons. The third-order valence-electron chi connectivity index (χ3n) is 4.82. The SMILES string of the molecule is COc1ccc(-c2cc(C(=O)Nc3ccc(CC#N)cc3)nn2-c2ccccc2)cc1. The molecule has 0 fully saturated rings. The number of nitrogens with zero attached hydrogens (tertiary/aromatic N) is 3. The van der Waals surface area contributed by atoms with Crippen molar-refractivity contribution in [1.29, 1.82) is 5.26 Å². The number of methoxy groups -OCH3 is 1. The molecular weight excluding hydrogens is 388 g/mol. The number of anilines is 1. The summed E-state index contributed by atoms with van der Waals surface area (Å²) in [6, 6.07) is 28.4. The van der Waals surface area contributed by atoms with Gasteiger partial charge in [-0.1, -0.05) is 30.3 Å². The molecule has 6 heteroatoms. The standard InChI is InChI=1S/C25H20N4O2/c1-31-22-13-9-19(10-14-22)24-17-23(28-29(24)21-5-3-2-4-6-21)25(30)27-20-11-7-18(8-12-20)15-16-26/h2-14,17H,15H2,1H3,(H,27,30). The van der Waals surface area contributed by atoms with Crippen molar-refractivity contribution >= 4 is 11.6 Å². The lowest BCUT2D eigenvalue weighted by molar-refractivity contribution is 0.102. The molecular formula is C25H20N4O2. The lowest BCUT2D eigenvalue weighted by Crippen LogP contribution is -2.13. The molecule has 4 aromatic rings. The number of aromatic nitrogens is 2. The predicted molar refractivity (Wildman–Crippen MR) is 119 cm³/mol. The highest BCUT2D eigenvalue weighted by atomic mass is 16.5. The van der Waals surface area contributed by atoms with Gasteiger partial charge in [0.2, 0.25) is 0 Å². The fourth-order valence-corrected chi connectivity index (χ4v) is 3.22. The van der Waals surface area contributed by atoms with E-state index in [1.807, 2.05) is 66.7 Å². The number of amides is 1. The average molecular weight is 408 g/mol. The Morgan fingerprint density at radius 3 is 2.39 bits per heavy atom. The van der Waals surface area contributed by atoms with E-state index in [1.165, 1.54) is 0 Å². The number of para-hydroxylation sites is 1. The van der Waals surface area contributed by atoms with E-state index in [-0.39, 0.29) is 5.91 Å². The highest BCUT2D eigenvalue weighted by Gasteiger charge is 2.17. The zero-order valence-corrected chi connectivity index (χ0v) is 16.9. The maximum Gasteiger partial charge on any atom is 0.276 e. The highest BCUT2D eigenvalue weighted by Crippen LogP contribution is 2.26. The fraction of sp³-hybridized carbons (Fsp3) is 0.0800. The largest absolute Gasteiger partial charge is 0.497 e. The summed E-state index contributed by atoms with van der Waals surface area (Å²) >= 11 is 0. The van der Waals surface area contributed by atoms with Crippen LogP contribution in [-0.2, 0) is 6.42 Å². The molecule has 0 spiro atoms. The smallest absolute Gasteiger partial charge is 0.276 e. The number of hydrogen-bond donors (Lipinski definition) is 1. The van der Waals surface area contributed by atoms with Gasteiger partial charge in [0, 0.05) is 11.3 Å². The van der Waals surface area contributed by atoms with Gasteiger partial charge in [0.1, 0.15) is 5.75 Å². The number of carbonyl (C=O) groups is 1. The van der Waals surface area contributed by atoms with Gasteiger partial charge in [0.05, 0.1) is 31.0 Å². The Morgan fingerprint density at radius 2 is 1.74 bits per heavy atom. The number of hydrogen-bond acceptors (Lipinski definition) is 4. The van der Waals surface area contributed by atoms with E-state index in [2.05, 4.69) is 16.5 Å². The molecule has 0 aliphatic heterocycles. The summed E-state index contributed by atoms with van der Waals surface area (Å²) in [6.07, 6.45) is 0.334. The van der Waals surface area contributed by atoms with Gasteiger partial charge in [-0.2, -0.15) is 10.4 Å². The summed E-state index contributed by atoms with van der Waals surface area (Å²) in [5.41, 5.74) is 4.41. The molecule has 1 heterocycles. The van der Waals surface area contributed by atoms with E-state index >= 15 is 0 Å². The molecule has 1 aromatic heterocycles. The maximum absolute atomic E-state index is 12.9. The number of nitrogens with one attached hydrogen (secondary N) is 1. The lowest BCUT2D eigenvalue weighted by Gasteiger charge is -2.08. The van der Waals surface area contributed by atoms with E-state index in [0.717, 1.165) is 28.3 Å². The molecule has 0 unspecified atom stereocenters. The minimum atomic E-state index is -0.308. The fourth-order valence-electron chi connectivity index (χ4n) is 3.22. The van der Waals surface area contributed by atoms with Crippen LogP contribution in [0, 0.1) is 11.3 Å². The normalized spacial score (nSPS) is 10.3. The summed E-state index contributed by atoms with van der Waals surface area (Å²) in [7, 11) is 1.62. The van der Waals surface area contributed by atoms with Gasteiger partial charge in [-0.15, -0.1) is 0 Å². The van der Waals surface area contributed by atoms with Crippen LogP contribution >= 0.6 is 0 Å². The Morgan fingerprint density at radius 1 is 1.03 bits per heavy atom. The van der Waals surface area contributed by atoms with Crippen LogP contribution in [0.15, 0.2) is 84.9 Å². The van der Waals surface area contributed by atoms with Gasteiger partial charge in [0.15, 0.2) is 5.69 Å². The highest BCUT2D eigenvalue weighted by molar-refractivity contribution is 6.03. The van der Waals surface area contributed by atoms with Gasteiger partial charge < -0.3 is 10.1 Å². The molecule has 1 amide bonds. The lowest BCUT2D eigenvalue weighted by atomic mass is 10.1. The molecule has 0 atom stereocenters. The van der Waals surface area contributed by atoms with Crippen molar-refractivity contribution in [3.63, 3.8) is 0 Å². The van der Waals surface area contributed by atoms with E-state index in [1.54, 1.807) is 30.0 Å². The van der Waals surface area contributed by atoms with Crippen LogP contribution in [0.4, 0.5) is 5.69 Å². The monoisotopic (exact) mass is 408 g/mol. The van der Waals surface area contributed by atoms with E-state index in [4.69, 9.17) is 10.00 Å². The Labute approximate surface area is 180 Å². The first-order valence-electron chi connectivity index (χ1n) is 9.75. The molecule has 0 aliphatic carbocycles. The number of benzene rings is 3. The van der Waals surface area contributed by atoms with Crippen LogP contribution in [0.1, 0.15) is 16.1 Å². The number of nitriles is 1. The average Bonchev–Trinajstić information content (AvgIpc) is 3.27. The van der Waals surface area contributed by atoms with Crippen molar-refractivity contribution in [2.45, 2.75) is 6.42 Å². The van der Waals surface area contributed by atoms with Crippen molar-refractivity contribution < 1.29 is 9.53 Å². The van der Waals surface area contributed by atoms with Crippen LogP contribution in [-0.4, -0.2) is 22.8 Å². The first kappa shape index (κ1) is 19.9. The Bertz CT molecular complexity index is 1220. The zero-order valence-electron chi connectivity index (χ0n) is 16.9. The maximum atomic E-state index is 12.9. The van der Waals surface area contributed by atoms with Crippen LogP contribution in [0.5, 0.6) is 5.75 Å². The Kier molecular flexibility index (Phi) is 5.77. The van der Waals surface area contributed by atoms with Crippen LogP contribution < -0.4 is 10.1 Å². The molecule has 3 aromatic carbocycles. The minimum Gasteiger partial charge on any atom is -0.497 e. The minimum absolute atomic E-state index is 0.302. The Hall–Kier alpha value is -4.37. The number of ether oxygens (including phenoxy) is 1. The summed E-state index contributed by atoms with van der Waals surface area (Å²) in [5.74, 6) is 0.449. The topological polar surface area (TPSA) is 79.9 Å². The van der Waals surface area contributed by atoms with E-state index in [0.29, 0.717) is 17.8 Å². The first-order chi connectivity index (χ1) is 15.2. The number of carbonyl (C=O) groups excluding carboxylic acids is 1. The molecule has 4 rings (SSSR count). The first-order valence-corrected chi connectivity index (χ1v) is 9.75. The Balaban J connectivity index is 1.67. The van der Waals surface area contributed by atoms with Crippen molar-refractivity contribution in [2.24, 2.45) is 0 Å².